The maximum Gasteiger partial charge on any atom is 0.150 e. The summed E-state index contributed by atoms with van der Waals surface area (Å²) in [6.45, 7) is 2.82. The van der Waals surface area contributed by atoms with Crippen molar-refractivity contribution in [3.63, 3.8) is 0 Å². The van der Waals surface area contributed by atoms with Gasteiger partial charge in [0.15, 0.2) is 0 Å². The van der Waals surface area contributed by atoms with Gasteiger partial charge in [-0.15, -0.1) is 0 Å². The summed E-state index contributed by atoms with van der Waals surface area (Å²) in [5.41, 5.74) is 3.21. The van der Waals surface area contributed by atoms with E-state index in [-0.39, 0.29) is 0 Å². The van der Waals surface area contributed by atoms with Gasteiger partial charge in [0, 0.05) is 12.1 Å². The normalized spacial score (nSPS) is 18.0. The largest absolute Gasteiger partial charge is 0.490 e. The van der Waals surface area contributed by atoms with Crippen molar-refractivity contribution in [3.05, 3.63) is 23.3 Å². The van der Waals surface area contributed by atoms with E-state index in [0.717, 1.165) is 43.7 Å². The van der Waals surface area contributed by atoms with E-state index >= 15 is 0 Å². The van der Waals surface area contributed by atoms with E-state index in [2.05, 4.69) is 4.90 Å². The molecule has 2 aliphatic heterocycles. The summed E-state index contributed by atoms with van der Waals surface area (Å²) >= 11 is 0. The van der Waals surface area contributed by atoms with Crippen LogP contribution < -0.4 is 9.64 Å². The Morgan fingerprint density at radius 1 is 1.33 bits per heavy atom. The standard InChI is InChI=1S/C12H13NO2/c14-8-9-6-10-2-1-3-13-4-5-15-11(7-9)12(10)13/h6-8H,1-5H2. The molecule has 1 aromatic rings. The SMILES string of the molecule is O=Cc1cc2c3c(c1)OCCN3CCC2. The fourth-order valence-corrected chi connectivity index (χ4v) is 2.48. The summed E-state index contributed by atoms with van der Waals surface area (Å²) in [5.74, 6) is 0.889. The lowest BCUT2D eigenvalue weighted by molar-refractivity contribution is 0.112. The molecule has 0 bridgehead atoms. The second kappa shape index (κ2) is 3.26. The number of hydrogen-bond acceptors (Lipinski definition) is 3. The molecule has 3 nitrogen and oxygen atoms in total. The maximum absolute atomic E-state index is 10.8. The van der Waals surface area contributed by atoms with Gasteiger partial charge in [0.1, 0.15) is 18.6 Å². The highest BCUT2D eigenvalue weighted by atomic mass is 16.5. The van der Waals surface area contributed by atoms with Crippen molar-refractivity contribution >= 4 is 12.0 Å². The van der Waals surface area contributed by atoms with Crippen molar-refractivity contribution < 1.29 is 9.53 Å². The fraction of sp³-hybridized carbons (Fsp3) is 0.417. The van der Waals surface area contributed by atoms with Gasteiger partial charge in [-0.3, -0.25) is 4.79 Å². The van der Waals surface area contributed by atoms with Gasteiger partial charge in [-0.2, -0.15) is 0 Å². The first-order valence-electron chi connectivity index (χ1n) is 5.38. The lowest BCUT2D eigenvalue weighted by atomic mass is 9.98. The number of benzene rings is 1. The molecule has 1 aromatic carbocycles. The zero-order chi connectivity index (χ0) is 10.3. The average Bonchev–Trinajstić information content (AvgIpc) is 2.29. The lowest BCUT2D eigenvalue weighted by Crippen LogP contribution is -2.36. The molecule has 0 saturated carbocycles. The van der Waals surface area contributed by atoms with Crippen LogP contribution in [0.4, 0.5) is 5.69 Å². The number of carbonyl (C=O) groups excluding carboxylic acids is 1. The molecule has 0 aliphatic carbocycles. The topological polar surface area (TPSA) is 29.5 Å². The van der Waals surface area contributed by atoms with Crippen molar-refractivity contribution in [1.29, 1.82) is 0 Å². The number of aldehydes is 1. The van der Waals surface area contributed by atoms with Gasteiger partial charge >= 0.3 is 0 Å². The van der Waals surface area contributed by atoms with E-state index < -0.39 is 0 Å². The third-order valence-electron chi connectivity index (χ3n) is 3.12. The van der Waals surface area contributed by atoms with Crippen LogP contribution >= 0.6 is 0 Å². The Bertz CT molecular complexity index is 383. The Morgan fingerprint density at radius 2 is 2.27 bits per heavy atom. The molecule has 0 N–H and O–H groups in total. The highest BCUT2D eigenvalue weighted by Crippen LogP contribution is 2.39. The highest BCUT2D eigenvalue weighted by Gasteiger charge is 2.25. The minimum absolute atomic E-state index is 0.729. The highest BCUT2D eigenvalue weighted by molar-refractivity contribution is 5.80. The van der Waals surface area contributed by atoms with Crippen LogP contribution in [-0.2, 0) is 6.42 Å². The summed E-state index contributed by atoms with van der Waals surface area (Å²) in [7, 11) is 0. The van der Waals surface area contributed by atoms with E-state index in [9.17, 15) is 4.79 Å². The van der Waals surface area contributed by atoms with Crippen LogP contribution in [0.25, 0.3) is 0 Å². The van der Waals surface area contributed by atoms with Gasteiger partial charge in [-0.25, -0.2) is 0 Å². The summed E-state index contributed by atoms with van der Waals surface area (Å²) in [6, 6.07) is 3.84. The van der Waals surface area contributed by atoms with E-state index in [1.165, 1.54) is 17.7 Å². The van der Waals surface area contributed by atoms with Gasteiger partial charge in [-0.1, -0.05) is 0 Å². The Morgan fingerprint density at radius 3 is 3.13 bits per heavy atom. The molecule has 3 heteroatoms. The molecule has 78 valence electrons. The Balaban J connectivity index is 2.19. The first-order valence-corrected chi connectivity index (χ1v) is 5.38. The van der Waals surface area contributed by atoms with Crippen molar-refractivity contribution in [2.75, 3.05) is 24.6 Å². The monoisotopic (exact) mass is 203 g/mol. The molecule has 0 spiro atoms. The second-order valence-corrected chi connectivity index (χ2v) is 4.08. The zero-order valence-electron chi connectivity index (χ0n) is 8.53. The average molecular weight is 203 g/mol. The quantitative estimate of drug-likeness (QED) is 0.650. The molecule has 0 saturated heterocycles. The van der Waals surface area contributed by atoms with E-state index in [4.69, 9.17) is 4.74 Å². The van der Waals surface area contributed by atoms with Crippen LogP contribution in [0, 0.1) is 0 Å². The number of hydrogen-bond donors (Lipinski definition) is 0. The van der Waals surface area contributed by atoms with E-state index in [0.29, 0.717) is 0 Å². The Hall–Kier alpha value is -1.51. The number of carbonyl (C=O) groups is 1. The molecule has 0 atom stereocenters. The van der Waals surface area contributed by atoms with Gasteiger partial charge in [0.05, 0.1) is 12.2 Å². The lowest BCUT2D eigenvalue weighted by Gasteiger charge is -2.36. The predicted octanol–water partition coefficient (Wildman–Crippen LogP) is 1.64. The Kier molecular flexibility index (Phi) is 1.91. The molecule has 3 rings (SSSR count). The number of rotatable bonds is 1. The smallest absolute Gasteiger partial charge is 0.150 e. The first-order chi connectivity index (χ1) is 7.38. The summed E-state index contributed by atoms with van der Waals surface area (Å²) < 4.78 is 5.61. The molecular weight excluding hydrogens is 190 g/mol. The second-order valence-electron chi connectivity index (χ2n) is 4.08. The summed E-state index contributed by atoms with van der Waals surface area (Å²) in [5, 5.41) is 0. The maximum atomic E-state index is 10.8. The molecule has 2 heterocycles. The molecule has 0 aromatic heterocycles. The number of nitrogens with zero attached hydrogens (tertiary/aromatic N) is 1. The van der Waals surface area contributed by atoms with Crippen LogP contribution in [-0.4, -0.2) is 26.0 Å². The molecule has 0 fully saturated rings. The molecule has 15 heavy (non-hydrogen) atoms. The summed E-state index contributed by atoms with van der Waals surface area (Å²) in [4.78, 5) is 13.2. The van der Waals surface area contributed by atoms with Gasteiger partial charge in [-0.05, 0) is 30.5 Å². The van der Waals surface area contributed by atoms with Crippen LogP contribution in [0.5, 0.6) is 5.75 Å². The summed E-state index contributed by atoms with van der Waals surface area (Å²) in [6.07, 6.45) is 3.13. The van der Waals surface area contributed by atoms with Crippen LogP contribution in [0.2, 0.25) is 0 Å². The predicted molar refractivity (Wildman–Crippen MR) is 57.9 cm³/mol. The molecule has 2 aliphatic rings. The first kappa shape index (κ1) is 8.77. The van der Waals surface area contributed by atoms with Crippen LogP contribution in [0.15, 0.2) is 12.1 Å². The zero-order valence-corrected chi connectivity index (χ0v) is 8.53. The molecular formula is C12H13NO2. The van der Waals surface area contributed by atoms with Crippen molar-refractivity contribution in [1.82, 2.24) is 0 Å². The third-order valence-corrected chi connectivity index (χ3v) is 3.12. The minimum atomic E-state index is 0.729. The van der Waals surface area contributed by atoms with Crippen molar-refractivity contribution in [2.45, 2.75) is 12.8 Å². The molecule has 0 amide bonds. The number of aryl methyl sites for hydroxylation is 1. The van der Waals surface area contributed by atoms with Crippen LogP contribution in [0.3, 0.4) is 0 Å². The van der Waals surface area contributed by atoms with E-state index in [1.54, 1.807) is 0 Å². The number of anilines is 1. The molecule has 0 unspecified atom stereocenters. The Labute approximate surface area is 88.6 Å². The minimum Gasteiger partial charge on any atom is -0.490 e. The van der Waals surface area contributed by atoms with Gasteiger partial charge < -0.3 is 9.64 Å². The molecule has 0 radical (unpaired) electrons. The van der Waals surface area contributed by atoms with Crippen molar-refractivity contribution in [2.24, 2.45) is 0 Å². The fourth-order valence-electron chi connectivity index (χ4n) is 2.48. The van der Waals surface area contributed by atoms with Gasteiger partial charge in [0.25, 0.3) is 0 Å². The number of ether oxygens (including phenoxy) is 1. The van der Waals surface area contributed by atoms with E-state index in [1.807, 2.05) is 12.1 Å². The van der Waals surface area contributed by atoms with Crippen molar-refractivity contribution in [3.8, 4) is 5.75 Å². The van der Waals surface area contributed by atoms with Gasteiger partial charge in [0.2, 0.25) is 0 Å². The third kappa shape index (κ3) is 1.30. The van der Waals surface area contributed by atoms with Crippen LogP contribution in [0.1, 0.15) is 22.3 Å².